The Bertz CT molecular complexity index is 3940. The molecule has 9 fully saturated rings. The second-order valence-electron chi connectivity index (χ2n) is 38.3. The van der Waals surface area contributed by atoms with E-state index in [1.54, 1.807) is 11.8 Å². The number of carbonyl (C=O) groups excluding carboxylic acids is 3. The van der Waals surface area contributed by atoms with Crippen molar-refractivity contribution >= 4 is 74.7 Å². The molecule has 145 heavy (non-hydrogen) atoms. The second-order valence-corrected chi connectivity index (χ2v) is 40.5. The molecular weight excluding hydrogens is 2000 g/mol. The SMILES string of the molecule is CCCCN=BO.CCCOB=NC(=O)CO.CCCOCC1CC2C=CC1C2.CCOB=NCCO.CCOCCOC(=O)C1CC2C=CC1C2.CO.COC(=O)C(F)(F)F.COC(C)(C)C1CC2C=CC1C2.COCCOCC1CC2C=CC1C2.O=S(=O)(NCCC1CC2C=CC1C2)C(F)(F)F.OC(CC1CC2CCC1C2)(C(F)(F)F)C(F)(F)F.OC(CC1CC2CCC1C2)(C(F)(F)F)C(F)(F)F.[3H]F.[B]N=S=C. The van der Waals surface area contributed by atoms with Gasteiger partial charge in [-0.05, 0) is 273 Å². The zero-order chi connectivity index (χ0) is 111. The summed E-state index contributed by atoms with van der Waals surface area (Å²) in [4.78, 5) is 41.9. The number of ether oxygens (including phenoxy) is 7. The normalized spacial score (nSPS) is 27.4. The Balaban J connectivity index is 0.000000806. The molecule has 1 amide bonds. The van der Waals surface area contributed by atoms with Gasteiger partial charge in [0.25, 0.3) is 20.6 Å². The maximum absolute atomic E-state index is 12.5. The predicted molar refractivity (Wildman–Crippen MR) is 515 cm³/mol. The van der Waals surface area contributed by atoms with Gasteiger partial charge in [-0.2, -0.15) is 79.0 Å². The van der Waals surface area contributed by atoms with E-state index in [0.717, 1.165) is 190 Å². The summed E-state index contributed by atoms with van der Waals surface area (Å²) in [7, 11) is 7.87. The summed E-state index contributed by atoms with van der Waals surface area (Å²) in [5, 5.41) is 49.6. The monoisotopic (exact) mass is 2160 g/mol. The fourth-order valence-corrected chi connectivity index (χ4v) is 21.2. The van der Waals surface area contributed by atoms with Gasteiger partial charge < -0.3 is 52.8 Å². The number of fused-ring (bicyclic) bond motifs is 14. The summed E-state index contributed by atoms with van der Waals surface area (Å²) in [6.45, 7) is 22.1. The van der Waals surface area contributed by atoms with Crippen LogP contribution in [0.3, 0.4) is 0 Å². The Labute approximate surface area is 850 Å². The number of nitrogens with zero attached hydrogens (tertiary/aromatic N) is 4. The average molecular weight is 2160 g/mol. The topological polar surface area (TPSA) is 351 Å². The number of esters is 2. The fraction of sp³-hybridized carbons (Fsp3) is 0.853. The molecule has 50 heteroatoms. The van der Waals surface area contributed by atoms with Crippen molar-refractivity contribution in [2.45, 2.75) is 262 Å². The largest absolute Gasteiger partial charge is 0.511 e. The van der Waals surface area contributed by atoms with Crippen LogP contribution in [0.1, 0.15) is 209 Å². The van der Waals surface area contributed by atoms with E-state index in [2.05, 4.69) is 127 Å². The summed E-state index contributed by atoms with van der Waals surface area (Å²) in [5.41, 5.74) is -14.3. The van der Waals surface area contributed by atoms with E-state index < -0.39 is 101 Å². The van der Waals surface area contributed by atoms with Gasteiger partial charge in [-0.25, -0.2) is 17.9 Å². The smallest absolute Gasteiger partial charge is 0.463 e. The first-order chi connectivity index (χ1) is 68.7. The first-order valence-electron chi connectivity index (χ1n) is 49.7. The standard InChI is InChI=1S/C12H18O3.2C11H14F6O.C11H18O2.2C11H18O.C10H14F3NO2S.C5H10BNO3.C4H10BNO2.C4H10BNO.C3H3F3O2.CH2BNS.CH4O.FH/c1-2-14-5-6-15-12(13)11-8-9-3-4-10(11)7-9;2*12-10(13,14)9(18,11(15,16)17)5-8-4-6-1-2-7(8)3-6;1-12-4-5-13-8-11-7-9-2-3-10(11)6-9;1-11(2,12-3)10-7-8-4-5-9(10)6-8;1-2-5-12-8-11-7-9-3-4-10(11)6-9;11-10(12,13)17(15,16)14-4-3-9-6-7-1-2-8(9)5-7;1-2-3-10-6-7-5(9)4-8;1-2-8-5-6-3-4-7;1-2-3-4-6-5-7;1-8-2(7)3(4,5)6;1-4-3-2;1-2;/h3-4,9-11H,2,5-8H2,1H3;2*6-8,18H,1-5H2;2-3,9-11H,4-8H2,1H3;4-5,8-10H,6-7H2,1-3H3;3-4,9-11H,2,5-8H2,1H3;1-2,7-9,14H,3-6H2;8H,2-4H2,1H3;7H,2-4H2,1H3;7H,2-4H2,1H3;1H3;1H2;2H,1H3;1H/i/hT. The molecule has 14 bridgehead atoms. The van der Waals surface area contributed by atoms with Gasteiger partial charge in [-0.15, -0.1) is 0 Å². The van der Waals surface area contributed by atoms with Crippen molar-refractivity contribution in [3.05, 3.63) is 60.8 Å². The number of sulfonamides is 1. The van der Waals surface area contributed by atoms with E-state index in [0.29, 0.717) is 121 Å². The van der Waals surface area contributed by atoms with Crippen molar-refractivity contribution in [3.8, 4) is 0 Å². The van der Waals surface area contributed by atoms with Gasteiger partial charge in [0, 0.05) is 47.7 Å². The maximum atomic E-state index is 12.5. The van der Waals surface area contributed by atoms with Gasteiger partial charge in [-0.3, -0.25) is 9.51 Å². The number of hydrogen-bond acceptors (Lipinski definition) is 22. The van der Waals surface area contributed by atoms with Gasteiger partial charge in [0.05, 0.1) is 45.1 Å². The molecule has 0 aromatic carbocycles. The van der Waals surface area contributed by atoms with Crippen molar-refractivity contribution in [1.29, 1.82) is 1.45 Å². The Morgan fingerprint density at radius 2 is 0.966 bits per heavy atom. The summed E-state index contributed by atoms with van der Waals surface area (Å²) in [6.07, 6.45) is 15.2. The van der Waals surface area contributed by atoms with Gasteiger partial charge in [-0.1, -0.05) is 91.7 Å². The molecule has 9 saturated carbocycles. The van der Waals surface area contributed by atoms with Crippen LogP contribution in [-0.4, -0.2) is 274 Å². The van der Waals surface area contributed by atoms with Gasteiger partial charge >= 0.3 is 210 Å². The van der Waals surface area contributed by atoms with E-state index in [1.807, 2.05) is 27.9 Å². The molecule has 836 valence electrons. The molecule has 0 spiro atoms. The third-order valence-electron chi connectivity index (χ3n) is 28.0. The Morgan fingerprint density at radius 1 is 0.524 bits per heavy atom. The summed E-state index contributed by atoms with van der Waals surface area (Å²) < 4.78 is 303. The molecule has 14 aliphatic carbocycles. The number of aliphatic hydroxyl groups is 5. The molecule has 0 aliphatic heterocycles. The van der Waals surface area contributed by atoms with Crippen molar-refractivity contribution in [2.75, 3.05) is 127 Å². The van der Waals surface area contributed by atoms with Gasteiger partial charge in [0.15, 0.2) is 0 Å². The van der Waals surface area contributed by atoms with Crippen LogP contribution >= 0.6 is 0 Å². The molecule has 25 nitrogen and oxygen atoms in total. The van der Waals surface area contributed by atoms with E-state index in [1.165, 1.54) is 45.8 Å². The van der Waals surface area contributed by atoms with E-state index in [4.69, 9.17) is 73.0 Å². The van der Waals surface area contributed by atoms with Crippen LogP contribution < -0.4 is 4.72 Å². The molecule has 21 atom stereocenters. The van der Waals surface area contributed by atoms with E-state index in [9.17, 15) is 102 Å². The Morgan fingerprint density at radius 3 is 1.28 bits per heavy atom. The van der Waals surface area contributed by atoms with E-state index in [-0.39, 0.29) is 54.3 Å². The molecule has 14 rings (SSSR count). The molecule has 0 saturated heterocycles. The fourth-order valence-electron chi connectivity index (χ4n) is 20.6. The molecule has 0 heterocycles. The number of halogens is 19. The number of amides is 1. The maximum Gasteiger partial charge on any atom is 0.511 e. The minimum atomic E-state index is -5.67. The van der Waals surface area contributed by atoms with E-state index >= 15 is 0 Å². The van der Waals surface area contributed by atoms with Crippen LogP contribution in [0.15, 0.2) is 79.7 Å². The Hall–Kier alpha value is -5.56. The minimum Gasteiger partial charge on any atom is -0.463 e. The van der Waals surface area contributed by atoms with Crippen LogP contribution in [0, 0.1) is 124 Å². The van der Waals surface area contributed by atoms with Crippen LogP contribution in [0.5, 0.6) is 0 Å². The number of allylic oxidation sites excluding steroid dienone is 10. The van der Waals surface area contributed by atoms with Gasteiger partial charge in [0.1, 0.15) is 6.61 Å². The number of alkyl halides is 18. The number of unbranched alkanes of at least 4 members (excludes halogenated alkanes) is 1. The van der Waals surface area contributed by atoms with Crippen molar-refractivity contribution < 1.29 is 180 Å². The number of methoxy groups -OCH3 is 3. The summed E-state index contributed by atoms with van der Waals surface area (Å²) >= 11 is 1.01. The molecule has 0 aromatic rings. The predicted octanol–water partition coefficient (Wildman–Crippen LogP) is 18.6. The number of rotatable bonds is 35. The van der Waals surface area contributed by atoms with Crippen LogP contribution in [0.2, 0.25) is 0 Å². The van der Waals surface area contributed by atoms with Gasteiger partial charge in [0.2, 0.25) is 0 Å². The van der Waals surface area contributed by atoms with Crippen LogP contribution in [-0.2, 0) is 78.0 Å². The zero-order valence-electron chi connectivity index (χ0n) is 85.9. The molecule has 2 radical (unpaired) electrons. The number of aliphatic hydroxyl groups excluding tert-OH is 3. The first kappa shape index (κ1) is 135. The quantitative estimate of drug-likeness (QED) is 0.00774. The van der Waals surface area contributed by atoms with Crippen LogP contribution in [0.25, 0.3) is 0 Å². The summed E-state index contributed by atoms with van der Waals surface area (Å²) in [6, 6.07) is 0. The number of nitrogens with one attached hydrogen (secondary N) is 1. The van der Waals surface area contributed by atoms with Crippen LogP contribution in [0.4, 0.5) is 83.7 Å². The first-order valence-corrected chi connectivity index (χ1v) is 51.7. The Kier molecular flexibility index (Phi) is 64.6. The number of carbonyl (C=O) groups is 3. The molecule has 7 N–H and O–H groups in total. The average Bonchev–Trinajstić information content (AvgIpc) is 1.45. The van der Waals surface area contributed by atoms with Crippen molar-refractivity contribution in [3.63, 3.8) is 0 Å². The third kappa shape index (κ3) is 48.1. The van der Waals surface area contributed by atoms with Crippen molar-refractivity contribution in [1.82, 2.24) is 4.72 Å². The molecule has 21 unspecified atom stereocenters. The van der Waals surface area contributed by atoms with Crippen molar-refractivity contribution in [2.24, 2.45) is 143 Å². The minimum absolute atomic E-state index is 0.0356. The third-order valence-corrected chi connectivity index (χ3v) is 29.4. The molecular formula is C95H154B4F19N5O20S2. The molecule has 14 aliphatic rings. The molecule has 0 aromatic heterocycles. The number of hydrogen-bond donors (Lipinski definition) is 7. The zero-order valence-corrected chi connectivity index (χ0v) is 86.5. The second kappa shape index (κ2) is 69.2. The summed E-state index contributed by atoms with van der Waals surface area (Å²) in [5.74, 6) is 9.31.